The van der Waals surface area contributed by atoms with Crippen LogP contribution in [0.5, 0.6) is 11.5 Å². The van der Waals surface area contributed by atoms with E-state index in [0.717, 1.165) is 24.8 Å². The molecule has 0 spiro atoms. The van der Waals surface area contributed by atoms with Gasteiger partial charge in [0.2, 0.25) is 0 Å². The van der Waals surface area contributed by atoms with Crippen LogP contribution in [-0.4, -0.2) is 53.1 Å². The number of unbranched alkanes of at least 4 members (excludes halogenated alkanes) is 1. The molecular weight excluding hydrogens is 496 g/mol. The van der Waals surface area contributed by atoms with Gasteiger partial charge in [-0.3, -0.25) is 4.79 Å². The predicted octanol–water partition coefficient (Wildman–Crippen LogP) is 6.43. The summed E-state index contributed by atoms with van der Waals surface area (Å²) in [5.74, 6) is -0.414. The molecule has 0 aliphatic rings. The summed E-state index contributed by atoms with van der Waals surface area (Å²) >= 11 is 0. The lowest BCUT2D eigenvalue weighted by Gasteiger charge is -2.35. The van der Waals surface area contributed by atoms with E-state index in [2.05, 4.69) is 17.4 Å². The minimum Gasteiger partial charge on any atom is -0.493 e. The van der Waals surface area contributed by atoms with Crippen LogP contribution < -0.4 is 14.8 Å². The fourth-order valence-corrected chi connectivity index (χ4v) is 4.70. The number of aliphatic carboxylic acids is 1. The van der Waals surface area contributed by atoms with Crippen LogP contribution in [0.3, 0.4) is 0 Å². The quantitative estimate of drug-likeness (QED) is 0.188. The van der Waals surface area contributed by atoms with Gasteiger partial charge in [0, 0.05) is 6.54 Å². The highest BCUT2D eigenvalue weighted by Crippen LogP contribution is 2.36. The molecule has 2 rings (SSSR count). The Hall–Kier alpha value is -3.55. The second-order valence-corrected chi connectivity index (χ2v) is 9.65. The Bertz CT molecular complexity index is 1070. The zero-order chi connectivity index (χ0) is 29.0. The number of carboxylic acid groups (broad SMARTS) is 1. The molecule has 8 nitrogen and oxygen atoms in total. The van der Waals surface area contributed by atoms with Crippen molar-refractivity contribution in [3.05, 3.63) is 59.2 Å². The third-order valence-electron chi connectivity index (χ3n) is 7.17. The number of carboxylic acids is 1. The SMILES string of the molecule is CCOc1cc([C@@H](C)N(CCCCc2ccccc2)C(=O)NC(CC)(CC)C(=O)O)cc(OCC)c1C(C)=O. The second-order valence-electron chi connectivity index (χ2n) is 9.65. The van der Waals surface area contributed by atoms with E-state index in [4.69, 9.17) is 9.47 Å². The number of nitrogens with zero attached hydrogens (tertiary/aromatic N) is 1. The molecule has 0 bridgehead atoms. The van der Waals surface area contributed by atoms with Gasteiger partial charge >= 0.3 is 12.0 Å². The molecule has 0 heterocycles. The van der Waals surface area contributed by atoms with E-state index in [1.54, 1.807) is 30.9 Å². The molecule has 2 N–H and O–H groups in total. The lowest BCUT2D eigenvalue weighted by atomic mass is 9.93. The number of urea groups is 1. The molecule has 2 aromatic carbocycles. The third-order valence-corrected chi connectivity index (χ3v) is 7.17. The van der Waals surface area contributed by atoms with Crippen molar-refractivity contribution in [3.63, 3.8) is 0 Å². The number of Topliss-reactive ketones (excluding diaryl/α,β-unsaturated/α-hetero) is 1. The fraction of sp³-hybridized carbons (Fsp3) is 0.516. The first-order chi connectivity index (χ1) is 18.6. The largest absolute Gasteiger partial charge is 0.493 e. The van der Waals surface area contributed by atoms with Gasteiger partial charge in [-0.25, -0.2) is 9.59 Å². The number of benzene rings is 2. The topological polar surface area (TPSA) is 105 Å². The highest BCUT2D eigenvalue weighted by atomic mass is 16.5. The van der Waals surface area contributed by atoms with Crippen LogP contribution in [0.15, 0.2) is 42.5 Å². The number of carbonyl (C=O) groups is 3. The Kier molecular flexibility index (Phi) is 12.3. The van der Waals surface area contributed by atoms with Crippen LogP contribution in [0, 0.1) is 0 Å². The summed E-state index contributed by atoms with van der Waals surface area (Å²) in [6.07, 6.45) is 3.00. The summed E-state index contributed by atoms with van der Waals surface area (Å²) in [7, 11) is 0. The van der Waals surface area contributed by atoms with E-state index in [0.29, 0.717) is 36.8 Å². The first-order valence-electron chi connectivity index (χ1n) is 13.9. The monoisotopic (exact) mass is 540 g/mol. The molecule has 2 aromatic rings. The summed E-state index contributed by atoms with van der Waals surface area (Å²) in [6, 6.07) is 12.8. The Morgan fingerprint density at radius 1 is 0.949 bits per heavy atom. The van der Waals surface area contributed by atoms with Crippen molar-refractivity contribution in [1.82, 2.24) is 10.2 Å². The van der Waals surface area contributed by atoms with Gasteiger partial charge in [0.15, 0.2) is 5.78 Å². The molecule has 0 fully saturated rings. The average Bonchev–Trinajstić information content (AvgIpc) is 2.91. The van der Waals surface area contributed by atoms with E-state index in [-0.39, 0.29) is 18.6 Å². The Morgan fingerprint density at radius 3 is 1.97 bits per heavy atom. The number of nitrogens with one attached hydrogen (secondary N) is 1. The van der Waals surface area contributed by atoms with Crippen LogP contribution in [0.25, 0.3) is 0 Å². The number of carbonyl (C=O) groups excluding carboxylic acids is 2. The highest BCUT2D eigenvalue weighted by molar-refractivity contribution is 5.99. The van der Waals surface area contributed by atoms with Gasteiger partial charge in [-0.05, 0) is 83.1 Å². The van der Waals surface area contributed by atoms with Crippen molar-refractivity contribution in [2.24, 2.45) is 0 Å². The molecule has 0 saturated carbocycles. The minimum absolute atomic E-state index is 0.172. The molecule has 2 amide bonds. The molecule has 8 heteroatoms. The Balaban J connectivity index is 2.43. The number of hydrogen-bond acceptors (Lipinski definition) is 5. The van der Waals surface area contributed by atoms with E-state index >= 15 is 0 Å². The van der Waals surface area contributed by atoms with E-state index in [9.17, 15) is 19.5 Å². The number of rotatable bonds is 16. The Labute approximate surface area is 232 Å². The lowest BCUT2D eigenvalue weighted by molar-refractivity contribution is -0.144. The van der Waals surface area contributed by atoms with Crippen LogP contribution in [0.4, 0.5) is 4.79 Å². The van der Waals surface area contributed by atoms with Gasteiger partial charge in [0.25, 0.3) is 0 Å². The zero-order valence-corrected chi connectivity index (χ0v) is 24.2. The number of ether oxygens (including phenoxy) is 2. The summed E-state index contributed by atoms with van der Waals surface area (Å²) in [5, 5.41) is 12.7. The maximum Gasteiger partial charge on any atom is 0.329 e. The molecule has 1 atom stereocenters. The molecule has 0 aliphatic heterocycles. The minimum atomic E-state index is -1.36. The molecule has 0 radical (unpaired) electrons. The molecule has 214 valence electrons. The second kappa shape index (κ2) is 15.1. The first-order valence-corrected chi connectivity index (χ1v) is 13.9. The van der Waals surface area contributed by atoms with Crippen molar-refractivity contribution >= 4 is 17.8 Å². The van der Waals surface area contributed by atoms with Gasteiger partial charge in [-0.1, -0.05) is 44.2 Å². The average molecular weight is 541 g/mol. The van der Waals surface area contributed by atoms with E-state index < -0.39 is 23.6 Å². The van der Waals surface area contributed by atoms with Gasteiger partial charge in [0.1, 0.15) is 22.6 Å². The van der Waals surface area contributed by atoms with Crippen molar-refractivity contribution in [1.29, 1.82) is 0 Å². The molecule has 0 unspecified atom stereocenters. The maximum atomic E-state index is 13.7. The van der Waals surface area contributed by atoms with Crippen molar-refractivity contribution < 1.29 is 29.0 Å². The van der Waals surface area contributed by atoms with Crippen LogP contribution >= 0.6 is 0 Å². The van der Waals surface area contributed by atoms with E-state index in [1.807, 2.05) is 39.0 Å². The molecule has 0 aromatic heterocycles. The molecule has 39 heavy (non-hydrogen) atoms. The highest BCUT2D eigenvalue weighted by Gasteiger charge is 2.38. The maximum absolute atomic E-state index is 13.7. The van der Waals surface area contributed by atoms with Crippen molar-refractivity contribution in [2.75, 3.05) is 19.8 Å². The van der Waals surface area contributed by atoms with Crippen LogP contribution in [0.1, 0.15) is 94.8 Å². The number of aryl methyl sites for hydroxylation is 1. The fourth-order valence-electron chi connectivity index (χ4n) is 4.70. The molecular formula is C31H44N2O6. The summed E-state index contributed by atoms with van der Waals surface area (Å²) in [6.45, 7) is 11.7. The molecule has 0 saturated heterocycles. The van der Waals surface area contributed by atoms with Gasteiger partial charge in [-0.2, -0.15) is 0 Å². The van der Waals surface area contributed by atoms with Gasteiger partial charge in [-0.15, -0.1) is 0 Å². The van der Waals surface area contributed by atoms with Crippen molar-refractivity contribution in [2.45, 2.75) is 85.2 Å². The number of amides is 2. The predicted molar refractivity (Wildman–Crippen MR) is 153 cm³/mol. The van der Waals surface area contributed by atoms with Crippen LogP contribution in [0.2, 0.25) is 0 Å². The summed E-state index contributed by atoms with van der Waals surface area (Å²) in [5.41, 5.74) is 0.977. The zero-order valence-electron chi connectivity index (χ0n) is 24.2. The van der Waals surface area contributed by atoms with Gasteiger partial charge < -0.3 is 24.8 Å². The first kappa shape index (κ1) is 31.7. The van der Waals surface area contributed by atoms with Crippen molar-refractivity contribution in [3.8, 4) is 11.5 Å². The third kappa shape index (κ3) is 8.22. The van der Waals surface area contributed by atoms with Gasteiger partial charge in [0.05, 0.1) is 19.3 Å². The summed E-state index contributed by atoms with van der Waals surface area (Å²) < 4.78 is 11.6. The standard InChI is InChI=1S/C31H44N2O6/c1-7-31(8-2,29(35)36)32-30(37)33(19-15-14-18-24-16-12-11-13-17-24)22(5)25-20-26(38-9-3)28(23(6)34)27(21-25)39-10-4/h11-13,16-17,20-22H,7-10,14-15,18-19H2,1-6H3,(H,32,37)(H,35,36)/t22-/m1/s1. The summed E-state index contributed by atoms with van der Waals surface area (Å²) in [4.78, 5) is 39.9. The lowest BCUT2D eigenvalue weighted by Crippen LogP contribution is -2.57. The number of hydrogen-bond donors (Lipinski definition) is 2. The normalized spacial score (nSPS) is 11.9. The smallest absolute Gasteiger partial charge is 0.329 e. The molecule has 0 aliphatic carbocycles. The Morgan fingerprint density at radius 2 is 1.51 bits per heavy atom. The van der Waals surface area contributed by atoms with Crippen LogP contribution in [-0.2, 0) is 11.2 Å². The number of ketones is 1. The van der Waals surface area contributed by atoms with E-state index in [1.165, 1.54) is 12.5 Å².